The van der Waals surface area contributed by atoms with Gasteiger partial charge < -0.3 is 43.4 Å². The number of amides is 4. The minimum Gasteiger partial charge on any atom is -0.480 e. The first-order chi connectivity index (χ1) is 14.0. The van der Waals surface area contributed by atoms with Gasteiger partial charge in [-0.2, -0.15) is 0 Å². The molecule has 4 unspecified atom stereocenters. The Morgan fingerprint density at radius 3 is 2.10 bits per heavy atom. The van der Waals surface area contributed by atoms with E-state index in [9.17, 15) is 29.1 Å². The maximum atomic E-state index is 12.3. The van der Waals surface area contributed by atoms with Crippen molar-refractivity contribution in [3.05, 3.63) is 0 Å². The average molecular weight is 432 g/mol. The van der Waals surface area contributed by atoms with E-state index in [1.165, 1.54) is 6.92 Å². The molecule has 0 aliphatic rings. The standard InChI is InChI=1S/C17H32N6O7/c1-9(24)14(20)16(28)23-10(5-6-12(19)25)15(27)21-8-13(26)22-11(17(29)30)4-2-3-7-18/h9-11,14,24H,2-8,18,20H2,1H3,(H2,19,25)(H,21,27)(H,22,26)(H,23,28)(H,29,30). The van der Waals surface area contributed by atoms with Crippen LogP contribution >= 0.6 is 0 Å². The van der Waals surface area contributed by atoms with Crippen molar-refractivity contribution in [1.82, 2.24) is 16.0 Å². The normalized spacial score (nSPS) is 14.7. The van der Waals surface area contributed by atoms with E-state index in [-0.39, 0.29) is 19.3 Å². The third-order valence-electron chi connectivity index (χ3n) is 4.14. The molecule has 0 saturated carbocycles. The molecule has 0 radical (unpaired) electrons. The van der Waals surface area contributed by atoms with E-state index in [0.717, 1.165) is 0 Å². The number of aliphatic carboxylic acids is 1. The highest BCUT2D eigenvalue weighted by Gasteiger charge is 2.27. The first-order valence-electron chi connectivity index (χ1n) is 9.51. The number of carboxylic acids is 1. The third kappa shape index (κ3) is 11.3. The molecular formula is C17H32N6O7. The highest BCUT2D eigenvalue weighted by molar-refractivity contribution is 5.93. The largest absolute Gasteiger partial charge is 0.480 e. The van der Waals surface area contributed by atoms with Crippen molar-refractivity contribution in [2.45, 2.75) is 63.3 Å². The summed E-state index contributed by atoms with van der Waals surface area (Å²) < 4.78 is 0. The van der Waals surface area contributed by atoms with Gasteiger partial charge >= 0.3 is 5.97 Å². The van der Waals surface area contributed by atoms with Crippen LogP contribution in [-0.4, -0.2) is 77.1 Å². The maximum Gasteiger partial charge on any atom is 0.326 e. The maximum absolute atomic E-state index is 12.3. The first-order valence-corrected chi connectivity index (χ1v) is 9.51. The molecule has 0 aromatic rings. The van der Waals surface area contributed by atoms with E-state index in [0.29, 0.717) is 19.4 Å². The molecule has 13 nitrogen and oxygen atoms in total. The predicted molar refractivity (Wildman–Crippen MR) is 105 cm³/mol. The molecule has 11 N–H and O–H groups in total. The van der Waals surface area contributed by atoms with E-state index >= 15 is 0 Å². The van der Waals surface area contributed by atoms with Gasteiger partial charge in [0.2, 0.25) is 23.6 Å². The number of hydrogen-bond acceptors (Lipinski definition) is 8. The molecule has 0 fully saturated rings. The molecule has 30 heavy (non-hydrogen) atoms. The van der Waals surface area contributed by atoms with Crippen LogP contribution in [0.4, 0.5) is 0 Å². The lowest BCUT2D eigenvalue weighted by atomic mass is 10.1. The molecule has 0 aromatic heterocycles. The van der Waals surface area contributed by atoms with Gasteiger partial charge in [-0.05, 0) is 39.2 Å². The first kappa shape index (κ1) is 27.2. The summed E-state index contributed by atoms with van der Waals surface area (Å²) in [5, 5.41) is 25.4. The lowest BCUT2D eigenvalue weighted by Crippen LogP contribution is -2.55. The molecule has 0 spiro atoms. The van der Waals surface area contributed by atoms with E-state index in [1.807, 2.05) is 0 Å². The fraction of sp³-hybridized carbons (Fsp3) is 0.706. The van der Waals surface area contributed by atoms with Gasteiger partial charge in [0.15, 0.2) is 0 Å². The molecule has 0 bridgehead atoms. The number of rotatable bonds is 15. The second-order valence-corrected chi connectivity index (χ2v) is 6.79. The zero-order chi connectivity index (χ0) is 23.3. The van der Waals surface area contributed by atoms with Gasteiger partial charge in [0, 0.05) is 6.42 Å². The van der Waals surface area contributed by atoms with Crippen molar-refractivity contribution < 1.29 is 34.2 Å². The Hall–Kier alpha value is -2.77. The van der Waals surface area contributed by atoms with Crippen molar-refractivity contribution in [1.29, 1.82) is 0 Å². The summed E-state index contributed by atoms with van der Waals surface area (Å²) in [5.74, 6) is -4.30. The smallest absolute Gasteiger partial charge is 0.326 e. The van der Waals surface area contributed by atoms with Crippen LogP contribution in [0.3, 0.4) is 0 Å². The van der Waals surface area contributed by atoms with Crippen molar-refractivity contribution in [2.75, 3.05) is 13.1 Å². The van der Waals surface area contributed by atoms with Gasteiger partial charge in [-0.15, -0.1) is 0 Å². The Kier molecular flexibility index (Phi) is 12.9. The molecule has 0 aromatic carbocycles. The fourth-order valence-electron chi connectivity index (χ4n) is 2.33. The molecule has 13 heteroatoms. The van der Waals surface area contributed by atoms with Crippen LogP contribution in [0.25, 0.3) is 0 Å². The van der Waals surface area contributed by atoms with E-state index in [4.69, 9.17) is 22.3 Å². The number of nitrogens with two attached hydrogens (primary N) is 3. The highest BCUT2D eigenvalue weighted by atomic mass is 16.4. The van der Waals surface area contributed by atoms with Gasteiger partial charge in [0.05, 0.1) is 12.6 Å². The van der Waals surface area contributed by atoms with Gasteiger partial charge in [0.25, 0.3) is 0 Å². The van der Waals surface area contributed by atoms with Crippen LogP contribution in [0.15, 0.2) is 0 Å². The number of carboxylic acid groups (broad SMARTS) is 1. The van der Waals surface area contributed by atoms with Gasteiger partial charge in [-0.3, -0.25) is 19.2 Å². The quantitative estimate of drug-likeness (QED) is 0.118. The monoisotopic (exact) mass is 432 g/mol. The Balaban J connectivity index is 4.83. The Morgan fingerprint density at radius 1 is 0.967 bits per heavy atom. The summed E-state index contributed by atoms with van der Waals surface area (Å²) in [6.07, 6.45) is -0.269. The van der Waals surface area contributed by atoms with Crippen LogP contribution in [0.2, 0.25) is 0 Å². The van der Waals surface area contributed by atoms with Crippen LogP contribution in [0.1, 0.15) is 39.0 Å². The van der Waals surface area contributed by atoms with Gasteiger partial charge in [0.1, 0.15) is 18.1 Å². The summed E-state index contributed by atoms with van der Waals surface area (Å²) in [6, 6.07) is -3.67. The minimum absolute atomic E-state index is 0.155. The number of hydrogen-bond donors (Lipinski definition) is 8. The molecule has 4 amide bonds. The van der Waals surface area contributed by atoms with E-state index in [2.05, 4.69) is 16.0 Å². The Bertz CT molecular complexity index is 613. The van der Waals surface area contributed by atoms with Gasteiger partial charge in [-0.25, -0.2) is 4.79 Å². The van der Waals surface area contributed by atoms with Crippen molar-refractivity contribution >= 4 is 29.6 Å². The molecule has 0 rings (SSSR count). The Labute approximate surface area is 174 Å². The molecular weight excluding hydrogens is 400 g/mol. The number of carbonyl (C=O) groups excluding carboxylic acids is 4. The van der Waals surface area contributed by atoms with Crippen LogP contribution < -0.4 is 33.2 Å². The Morgan fingerprint density at radius 2 is 1.60 bits per heavy atom. The second-order valence-electron chi connectivity index (χ2n) is 6.79. The highest BCUT2D eigenvalue weighted by Crippen LogP contribution is 2.02. The lowest BCUT2D eigenvalue weighted by Gasteiger charge is -2.21. The number of primary amides is 1. The SMILES string of the molecule is CC(O)C(N)C(=O)NC(CCC(N)=O)C(=O)NCC(=O)NC(CCCCN)C(=O)O. The molecule has 4 atom stereocenters. The summed E-state index contributed by atoms with van der Waals surface area (Å²) >= 11 is 0. The fourth-order valence-corrected chi connectivity index (χ4v) is 2.33. The zero-order valence-electron chi connectivity index (χ0n) is 16.9. The molecule has 0 heterocycles. The number of nitrogens with one attached hydrogen (secondary N) is 3. The average Bonchev–Trinajstić information content (AvgIpc) is 2.67. The number of aliphatic hydroxyl groups is 1. The predicted octanol–water partition coefficient (Wildman–Crippen LogP) is -3.74. The topological polar surface area (TPSA) is 240 Å². The van der Waals surface area contributed by atoms with Crippen molar-refractivity contribution in [3.8, 4) is 0 Å². The second kappa shape index (κ2) is 14.3. The number of aliphatic hydroxyl groups excluding tert-OH is 1. The summed E-state index contributed by atoms with van der Waals surface area (Å²) in [4.78, 5) is 58.5. The summed E-state index contributed by atoms with van der Waals surface area (Å²) in [7, 11) is 0. The molecule has 172 valence electrons. The van der Waals surface area contributed by atoms with Crippen molar-refractivity contribution in [3.63, 3.8) is 0 Å². The van der Waals surface area contributed by atoms with Crippen LogP contribution in [-0.2, 0) is 24.0 Å². The minimum atomic E-state index is -1.30. The summed E-state index contributed by atoms with van der Waals surface area (Å²) in [5.41, 5.74) is 15.9. The molecule has 0 saturated heterocycles. The van der Waals surface area contributed by atoms with E-state index in [1.54, 1.807) is 0 Å². The van der Waals surface area contributed by atoms with E-state index < -0.39 is 60.4 Å². The number of carbonyl (C=O) groups is 5. The summed E-state index contributed by atoms with van der Waals surface area (Å²) in [6.45, 7) is 1.14. The zero-order valence-corrected chi connectivity index (χ0v) is 16.9. The van der Waals surface area contributed by atoms with Crippen LogP contribution in [0.5, 0.6) is 0 Å². The van der Waals surface area contributed by atoms with Crippen LogP contribution in [0, 0.1) is 0 Å². The lowest BCUT2D eigenvalue weighted by molar-refractivity contribution is -0.142. The molecule has 0 aliphatic carbocycles. The van der Waals surface area contributed by atoms with Crippen molar-refractivity contribution in [2.24, 2.45) is 17.2 Å². The third-order valence-corrected chi connectivity index (χ3v) is 4.14. The molecule has 0 aliphatic heterocycles. The van der Waals surface area contributed by atoms with Gasteiger partial charge in [-0.1, -0.05) is 0 Å². The number of unbranched alkanes of at least 4 members (excludes halogenated alkanes) is 1.